The third-order valence-corrected chi connectivity index (χ3v) is 8.93. The lowest BCUT2D eigenvalue weighted by Gasteiger charge is -2.27. The third kappa shape index (κ3) is 3.75. The number of benzene rings is 8. The predicted octanol–water partition coefficient (Wildman–Crippen LogP) is 11.7. The molecule has 0 aliphatic rings. The quantitative estimate of drug-likeness (QED) is 0.194. The summed E-state index contributed by atoms with van der Waals surface area (Å²) in [6.07, 6.45) is 0. The van der Waals surface area contributed by atoms with Crippen LogP contribution in [0, 0.1) is 0 Å². The third-order valence-electron chi connectivity index (χ3n) is 8.93. The molecule has 206 valence electrons. The Balaban J connectivity index is 1.33. The van der Waals surface area contributed by atoms with Crippen LogP contribution in [-0.4, -0.2) is 4.57 Å². The summed E-state index contributed by atoms with van der Waals surface area (Å²) >= 11 is 0. The van der Waals surface area contributed by atoms with E-state index in [4.69, 9.17) is 0 Å². The van der Waals surface area contributed by atoms with Gasteiger partial charge in [0.1, 0.15) is 0 Å². The fourth-order valence-corrected chi connectivity index (χ4v) is 6.99. The number of hydrogen-bond acceptors (Lipinski definition) is 1. The molecular weight excluding hydrogens is 532 g/mol. The summed E-state index contributed by atoms with van der Waals surface area (Å²) in [4.78, 5) is 2.41. The van der Waals surface area contributed by atoms with Crippen LogP contribution < -0.4 is 4.90 Å². The number of nitrogens with zero attached hydrogens (tertiary/aromatic N) is 2. The molecule has 0 aliphatic carbocycles. The normalized spacial score (nSPS) is 11.6. The van der Waals surface area contributed by atoms with Gasteiger partial charge in [0.15, 0.2) is 0 Å². The molecule has 0 spiro atoms. The first-order chi connectivity index (χ1) is 21.8. The summed E-state index contributed by atoms with van der Waals surface area (Å²) in [5.74, 6) is 0. The first-order valence-corrected chi connectivity index (χ1v) is 15.1. The molecule has 1 heterocycles. The molecule has 0 saturated heterocycles. The van der Waals surface area contributed by atoms with Crippen LogP contribution in [0.1, 0.15) is 0 Å². The van der Waals surface area contributed by atoms with Gasteiger partial charge in [-0.3, -0.25) is 0 Å². The zero-order chi connectivity index (χ0) is 29.0. The summed E-state index contributed by atoms with van der Waals surface area (Å²) in [6.45, 7) is 0. The van der Waals surface area contributed by atoms with Gasteiger partial charge in [-0.15, -0.1) is 0 Å². The molecule has 0 fully saturated rings. The molecule has 8 aromatic carbocycles. The Morgan fingerprint density at radius 3 is 1.80 bits per heavy atom. The lowest BCUT2D eigenvalue weighted by molar-refractivity contribution is 1.17. The van der Waals surface area contributed by atoms with Crippen LogP contribution in [0.2, 0.25) is 0 Å². The molecular formula is C42H28N2. The first-order valence-electron chi connectivity index (χ1n) is 15.1. The number of para-hydroxylation sites is 4. The van der Waals surface area contributed by atoms with E-state index in [2.05, 4.69) is 179 Å². The molecule has 0 radical (unpaired) electrons. The second-order valence-corrected chi connectivity index (χ2v) is 11.4. The van der Waals surface area contributed by atoms with E-state index in [1.54, 1.807) is 0 Å². The van der Waals surface area contributed by atoms with Gasteiger partial charge in [0.05, 0.1) is 16.7 Å². The molecule has 0 saturated carbocycles. The lowest BCUT2D eigenvalue weighted by atomic mass is 9.96. The first kappa shape index (κ1) is 24.7. The van der Waals surface area contributed by atoms with Crippen molar-refractivity contribution in [3.63, 3.8) is 0 Å². The topological polar surface area (TPSA) is 8.17 Å². The Morgan fingerprint density at radius 1 is 0.364 bits per heavy atom. The summed E-state index contributed by atoms with van der Waals surface area (Å²) in [5, 5.41) is 10.1. The molecule has 0 bridgehead atoms. The zero-order valence-corrected chi connectivity index (χ0v) is 24.1. The van der Waals surface area contributed by atoms with Crippen molar-refractivity contribution in [2.24, 2.45) is 0 Å². The van der Waals surface area contributed by atoms with Crippen LogP contribution >= 0.6 is 0 Å². The fraction of sp³-hybridized carbons (Fsp3) is 0. The maximum Gasteiger partial charge on any atom is 0.0782 e. The lowest BCUT2D eigenvalue weighted by Crippen LogP contribution is -2.11. The Bertz CT molecular complexity index is 2490. The van der Waals surface area contributed by atoms with Crippen LogP contribution in [0.4, 0.5) is 17.1 Å². The number of rotatable bonds is 4. The molecule has 0 atom stereocenters. The van der Waals surface area contributed by atoms with Gasteiger partial charge in [-0.05, 0) is 80.8 Å². The standard InChI is InChI=1S/C42H28N2/c1-3-13-31(14-4-1)43(33-24-27-35-30(28-33)23-26-36-34-17-8-7-12-29(34)22-25-37(35)36)41-21-11-19-39-38-18-9-10-20-40(38)44(42(39)41)32-15-5-2-6-16-32/h1-28H. The minimum Gasteiger partial charge on any atom is -0.308 e. The summed E-state index contributed by atoms with van der Waals surface area (Å²) < 4.78 is 2.41. The van der Waals surface area contributed by atoms with Gasteiger partial charge in [-0.1, -0.05) is 121 Å². The summed E-state index contributed by atoms with van der Waals surface area (Å²) in [6, 6.07) is 61.5. The molecule has 9 aromatic rings. The monoisotopic (exact) mass is 560 g/mol. The number of hydrogen-bond donors (Lipinski definition) is 0. The largest absolute Gasteiger partial charge is 0.308 e. The van der Waals surface area contributed by atoms with Gasteiger partial charge < -0.3 is 9.47 Å². The Kier molecular flexibility index (Phi) is 5.54. The summed E-state index contributed by atoms with van der Waals surface area (Å²) in [5.41, 5.74) is 6.92. The minimum absolute atomic E-state index is 1.12. The van der Waals surface area contributed by atoms with Gasteiger partial charge in [0.2, 0.25) is 0 Å². The number of fused-ring (bicyclic) bond motifs is 8. The molecule has 0 N–H and O–H groups in total. The number of aromatic nitrogens is 1. The van der Waals surface area contributed by atoms with Crippen molar-refractivity contribution in [3.8, 4) is 5.69 Å². The molecule has 1 aromatic heterocycles. The van der Waals surface area contributed by atoms with E-state index in [-0.39, 0.29) is 0 Å². The van der Waals surface area contributed by atoms with Crippen molar-refractivity contribution in [2.45, 2.75) is 0 Å². The molecule has 0 unspecified atom stereocenters. The van der Waals surface area contributed by atoms with E-state index in [0.717, 1.165) is 22.7 Å². The van der Waals surface area contributed by atoms with Crippen LogP contribution in [-0.2, 0) is 0 Å². The SMILES string of the molecule is c1ccc(N(c2ccc3c(ccc4c5ccccc5ccc34)c2)c2cccc3c4ccccc4n(-c4ccccc4)c23)cc1. The van der Waals surface area contributed by atoms with Crippen molar-refractivity contribution in [1.82, 2.24) is 4.57 Å². The van der Waals surface area contributed by atoms with Gasteiger partial charge in [0, 0.05) is 27.8 Å². The molecule has 44 heavy (non-hydrogen) atoms. The van der Waals surface area contributed by atoms with E-state index in [1.807, 2.05) is 0 Å². The zero-order valence-electron chi connectivity index (χ0n) is 24.1. The second-order valence-electron chi connectivity index (χ2n) is 11.4. The highest BCUT2D eigenvalue weighted by Gasteiger charge is 2.21. The van der Waals surface area contributed by atoms with Crippen molar-refractivity contribution >= 4 is 71.2 Å². The maximum absolute atomic E-state index is 2.41. The highest BCUT2D eigenvalue weighted by molar-refractivity contribution is 6.18. The predicted molar refractivity (Wildman–Crippen MR) is 188 cm³/mol. The Morgan fingerprint density at radius 2 is 0.977 bits per heavy atom. The van der Waals surface area contributed by atoms with Crippen molar-refractivity contribution in [1.29, 1.82) is 0 Å². The highest BCUT2D eigenvalue weighted by atomic mass is 15.2. The van der Waals surface area contributed by atoms with Crippen LogP contribution in [0.5, 0.6) is 0 Å². The smallest absolute Gasteiger partial charge is 0.0782 e. The average Bonchev–Trinajstić information content (AvgIpc) is 3.44. The van der Waals surface area contributed by atoms with E-state index in [9.17, 15) is 0 Å². The van der Waals surface area contributed by atoms with E-state index < -0.39 is 0 Å². The van der Waals surface area contributed by atoms with Gasteiger partial charge in [-0.25, -0.2) is 0 Å². The maximum atomic E-state index is 2.41. The van der Waals surface area contributed by atoms with Crippen molar-refractivity contribution in [2.75, 3.05) is 4.90 Å². The Hall–Kier alpha value is -5.86. The van der Waals surface area contributed by atoms with Crippen molar-refractivity contribution < 1.29 is 0 Å². The van der Waals surface area contributed by atoms with Crippen molar-refractivity contribution in [3.05, 3.63) is 170 Å². The number of anilines is 3. The average molecular weight is 561 g/mol. The van der Waals surface area contributed by atoms with Crippen LogP contribution in [0.3, 0.4) is 0 Å². The van der Waals surface area contributed by atoms with Gasteiger partial charge >= 0.3 is 0 Å². The second kappa shape index (κ2) is 9.86. The molecule has 2 heteroatoms. The molecule has 2 nitrogen and oxygen atoms in total. The molecule has 0 aliphatic heterocycles. The Labute approximate surface area is 255 Å². The fourth-order valence-electron chi connectivity index (χ4n) is 6.99. The molecule has 9 rings (SSSR count). The summed E-state index contributed by atoms with van der Waals surface area (Å²) in [7, 11) is 0. The van der Waals surface area contributed by atoms with E-state index in [1.165, 1.54) is 54.1 Å². The van der Waals surface area contributed by atoms with E-state index in [0.29, 0.717) is 0 Å². The highest BCUT2D eigenvalue weighted by Crippen LogP contribution is 2.44. The van der Waals surface area contributed by atoms with Gasteiger partial charge in [0.25, 0.3) is 0 Å². The van der Waals surface area contributed by atoms with E-state index >= 15 is 0 Å². The van der Waals surface area contributed by atoms with Gasteiger partial charge in [-0.2, -0.15) is 0 Å². The minimum atomic E-state index is 1.12. The van der Waals surface area contributed by atoms with Crippen LogP contribution in [0.25, 0.3) is 59.8 Å². The molecule has 0 amide bonds. The van der Waals surface area contributed by atoms with Crippen LogP contribution in [0.15, 0.2) is 170 Å².